The van der Waals surface area contributed by atoms with E-state index in [1.165, 1.54) is 20.5 Å². The molecule has 28 heavy (non-hydrogen) atoms. The van der Waals surface area contributed by atoms with Crippen LogP contribution in [0.25, 0.3) is 16.8 Å². The van der Waals surface area contributed by atoms with E-state index < -0.39 is 0 Å². The molecule has 0 aliphatic heterocycles. The van der Waals surface area contributed by atoms with E-state index in [-0.39, 0.29) is 17.6 Å². The summed E-state index contributed by atoms with van der Waals surface area (Å²) in [5.74, 6) is 0.382. The SMILES string of the molecule is COc1ncc(-c2cccc(-n3cnc(C(=O)c4ccco4)c3)c2)c(OC)n1. The maximum absolute atomic E-state index is 12.4. The normalized spacial score (nSPS) is 10.6. The second-order valence-electron chi connectivity index (χ2n) is 5.80. The van der Waals surface area contributed by atoms with Gasteiger partial charge in [-0.3, -0.25) is 4.79 Å². The summed E-state index contributed by atoms with van der Waals surface area (Å²) in [7, 11) is 3.03. The van der Waals surface area contributed by atoms with Crippen molar-refractivity contribution < 1.29 is 18.7 Å². The largest absolute Gasteiger partial charge is 0.480 e. The lowest BCUT2D eigenvalue weighted by atomic mass is 10.1. The highest BCUT2D eigenvalue weighted by Crippen LogP contribution is 2.30. The number of imidazole rings is 1. The second kappa shape index (κ2) is 7.36. The maximum Gasteiger partial charge on any atom is 0.319 e. The summed E-state index contributed by atoms with van der Waals surface area (Å²) < 4.78 is 17.3. The molecule has 4 aromatic rings. The van der Waals surface area contributed by atoms with Gasteiger partial charge in [0.15, 0.2) is 5.76 Å². The number of methoxy groups -OCH3 is 2. The number of aromatic nitrogens is 4. The second-order valence-corrected chi connectivity index (χ2v) is 5.80. The zero-order chi connectivity index (χ0) is 19.5. The van der Waals surface area contributed by atoms with Crippen molar-refractivity contribution in [3.63, 3.8) is 0 Å². The Morgan fingerprint density at radius 2 is 2.00 bits per heavy atom. The third-order valence-electron chi connectivity index (χ3n) is 4.12. The van der Waals surface area contributed by atoms with Gasteiger partial charge in [0.2, 0.25) is 11.7 Å². The molecule has 0 bridgehead atoms. The molecule has 0 aliphatic rings. The fraction of sp³-hybridized carbons (Fsp3) is 0.100. The molecular weight excluding hydrogens is 360 g/mol. The van der Waals surface area contributed by atoms with Crippen molar-refractivity contribution in [2.24, 2.45) is 0 Å². The Balaban J connectivity index is 1.68. The van der Waals surface area contributed by atoms with Gasteiger partial charge >= 0.3 is 6.01 Å². The van der Waals surface area contributed by atoms with Gasteiger partial charge in [0.25, 0.3) is 0 Å². The number of ether oxygens (including phenoxy) is 2. The first-order chi connectivity index (χ1) is 13.7. The van der Waals surface area contributed by atoms with Crippen molar-refractivity contribution in [3.8, 4) is 28.7 Å². The Kier molecular flexibility index (Phi) is 4.59. The quantitative estimate of drug-likeness (QED) is 0.477. The van der Waals surface area contributed by atoms with Crippen molar-refractivity contribution in [1.29, 1.82) is 0 Å². The molecule has 0 fully saturated rings. The summed E-state index contributed by atoms with van der Waals surface area (Å²) in [5.41, 5.74) is 2.69. The zero-order valence-electron chi connectivity index (χ0n) is 15.2. The lowest BCUT2D eigenvalue weighted by Gasteiger charge is -2.10. The van der Waals surface area contributed by atoms with E-state index in [9.17, 15) is 4.79 Å². The fourth-order valence-corrected chi connectivity index (χ4v) is 2.75. The predicted molar refractivity (Wildman–Crippen MR) is 99.8 cm³/mol. The number of carbonyl (C=O) groups is 1. The number of benzene rings is 1. The van der Waals surface area contributed by atoms with E-state index >= 15 is 0 Å². The molecule has 0 amide bonds. The van der Waals surface area contributed by atoms with E-state index in [1.54, 1.807) is 35.4 Å². The van der Waals surface area contributed by atoms with Gasteiger partial charge in [-0.2, -0.15) is 4.98 Å². The molecule has 8 heteroatoms. The van der Waals surface area contributed by atoms with E-state index in [0.29, 0.717) is 11.6 Å². The molecule has 3 aromatic heterocycles. The van der Waals surface area contributed by atoms with Crippen LogP contribution < -0.4 is 9.47 Å². The van der Waals surface area contributed by atoms with Crippen LogP contribution in [0.3, 0.4) is 0 Å². The average molecular weight is 376 g/mol. The topological polar surface area (TPSA) is 92.3 Å². The smallest absolute Gasteiger partial charge is 0.319 e. The molecule has 8 nitrogen and oxygen atoms in total. The van der Waals surface area contributed by atoms with Gasteiger partial charge in [-0.25, -0.2) is 9.97 Å². The number of hydrogen-bond acceptors (Lipinski definition) is 7. The summed E-state index contributed by atoms with van der Waals surface area (Å²) in [4.78, 5) is 24.9. The third-order valence-corrected chi connectivity index (χ3v) is 4.12. The van der Waals surface area contributed by atoms with Crippen LogP contribution in [-0.4, -0.2) is 39.5 Å². The molecule has 1 aromatic carbocycles. The van der Waals surface area contributed by atoms with Crippen LogP contribution in [0.4, 0.5) is 0 Å². The molecule has 140 valence electrons. The van der Waals surface area contributed by atoms with Gasteiger partial charge in [0, 0.05) is 18.1 Å². The summed E-state index contributed by atoms with van der Waals surface area (Å²) in [6, 6.07) is 11.1. The fourth-order valence-electron chi connectivity index (χ4n) is 2.75. The van der Waals surface area contributed by atoms with Crippen LogP contribution in [-0.2, 0) is 0 Å². The minimum atomic E-state index is -0.273. The lowest BCUT2D eigenvalue weighted by Crippen LogP contribution is -2.00. The first-order valence-corrected chi connectivity index (χ1v) is 8.37. The first kappa shape index (κ1) is 17.5. The summed E-state index contributed by atoms with van der Waals surface area (Å²) >= 11 is 0. The molecular formula is C20H16N4O4. The zero-order valence-corrected chi connectivity index (χ0v) is 15.2. The number of carbonyl (C=O) groups excluding carboxylic acids is 1. The van der Waals surface area contributed by atoms with E-state index in [1.807, 2.05) is 24.3 Å². The first-order valence-electron chi connectivity index (χ1n) is 8.37. The Morgan fingerprint density at radius 1 is 1.11 bits per heavy atom. The Bertz CT molecular complexity index is 1120. The van der Waals surface area contributed by atoms with E-state index in [2.05, 4.69) is 15.0 Å². The van der Waals surface area contributed by atoms with Crippen molar-refractivity contribution in [2.75, 3.05) is 14.2 Å². The highest BCUT2D eigenvalue weighted by Gasteiger charge is 2.16. The molecule has 0 saturated carbocycles. The molecule has 0 atom stereocenters. The molecule has 0 aliphatic carbocycles. The van der Waals surface area contributed by atoms with Gasteiger partial charge < -0.3 is 18.5 Å². The number of ketones is 1. The Hall–Kier alpha value is -3.94. The highest BCUT2D eigenvalue weighted by molar-refractivity contribution is 6.05. The summed E-state index contributed by atoms with van der Waals surface area (Å²) in [6.07, 6.45) is 6.34. The van der Waals surface area contributed by atoms with Crippen LogP contribution >= 0.6 is 0 Å². The van der Waals surface area contributed by atoms with Crippen molar-refractivity contribution >= 4 is 5.78 Å². The van der Waals surface area contributed by atoms with Gasteiger partial charge in [0.05, 0.1) is 26.0 Å². The van der Waals surface area contributed by atoms with Crippen LogP contribution in [0.5, 0.6) is 11.9 Å². The average Bonchev–Trinajstić information content (AvgIpc) is 3.45. The van der Waals surface area contributed by atoms with E-state index in [0.717, 1.165) is 16.8 Å². The third kappa shape index (κ3) is 3.23. The number of furan rings is 1. The maximum atomic E-state index is 12.4. The van der Waals surface area contributed by atoms with Crippen LogP contribution in [0.1, 0.15) is 16.2 Å². The Morgan fingerprint density at radius 3 is 2.75 bits per heavy atom. The minimum absolute atomic E-state index is 0.229. The van der Waals surface area contributed by atoms with Crippen LogP contribution in [0.15, 0.2) is 65.8 Å². The Labute approximate surface area is 160 Å². The van der Waals surface area contributed by atoms with E-state index in [4.69, 9.17) is 13.9 Å². The van der Waals surface area contributed by atoms with Crippen LogP contribution in [0.2, 0.25) is 0 Å². The molecule has 0 radical (unpaired) electrons. The van der Waals surface area contributed by atoms with Gasteiger partial charge in [0.1, 0.15) is 12.0 Å². The van der Waals surface area contributed by atoms with Gasteiger partial charge in [-0.15, -0.1) is 0 Å². The van der Waals surface area contributed by atoms with Crippen LogP contribution in [0, 0.1) is 0 Å². The highest BCUT2D eigenvalue weighted by atomic mass is 16.5. The number of hydrogen-bond donors (Lipinski definition) is 0. The van der Waals surface area contributed by atoms with Gasteiger partial charge in [-0.1, -0.05) is 12.1 Å². The summed E-state index contributed by atoms with van der Waals surface area (Å²) in [5, 5.41) is 0. The standard InChI is InChI=1S/C20H16N4O4/c1-26-19-15(10-21-20(23-19)27-2)13-5-3-6-14(9-13)24-11-16(22-12-24)18(25)17-7-4-8-28-17/h3-12H,1-2H3. The molecule has 3 heterocycles. The predicted octanol–water partition coefficient (Wildman–Crippen LogP) is 3.17. The number of rotatable bonds is 6. The lowest BCUT2D eigenvalue weighted by molar-refractivity contribution is 0.100. The molecule has 0 spiro atoms. The molecule has 0 unspecified atom stereocenters. The molecule has 0 saturated heterocycles. The van der Waals surface area contributed by atoms with Gasteiger partial charge in [-0.05, 0) is 29.8 Å². The minimum Gasteiger partial charge on any atom is -0.480 e. The summed E-state index contributed by atoms with van der Waals surface area (Å²) in [6.45, 7) is 0. The van der Waals surface area contributed by atoms with Crippen molar-refractivity contribution in [1.82, 2.24) is 19.5 Å². The van der Waals surface area contributed by atoms with Crippen molar-refractivity contribution in [3.05, 3.63) is 72.8 Å². The monoisotopic (exact) mass is 376 g/mol. The number of nitrogens with zero attached hydrogens (tertiary/aromatic N) is 4. The molecule has 0 N–H and O–H groups in total. The molecule has 4 rings (SSSR count). The van der Waals surface area contributed by atoms with Crippen molar-refractivity contribution in [2.45, 2.75) is 0 Å².